The van der Waals surface area contributed by atoms with Crippen molar-refractivity contribution in [2.24, 2.45) is 0 Å². The zero-order chi connectivity index (χ0) is 18.4. The molecular weight excluding hydrogens is 334 g/mol. The molecule has 3 atom stereocenters. The van der Waals surface area contributed by atoms with Gasteiger partial charge in [0.15, 0.2) is 0 Å². The molecule has 0 unspecified atom stereocenters. The number of non-ortho nitro benzene ring substituents is 1. The van der Waals surface area contributed by atoms with E-state index in [4.69, 9.17) is 18.9 Å². The van der Waals surface area contributed by atoms with Gasteiger partial charge in [0.05, 0.1) is 4.92 Å². The zero-order valence-electron chi connectivity index (χ0n) is 13.6. The van der Waals surface area contributed by atoms with Gasteiger partial charge >= 0.3 is 11.9 Å². The lowest BCUT2D eigenvalue weighted by atomic mass is 10.1. The molecule has 0 saturated carbocycles. The minimum atomic E-state index is -0.825. The molecule has 0 aromatic heterocycles. The highest BCUT2D eigenvalue weighted by atomic mass is 16.7. The molecule has 9 heteroatoms. The van der Waals surface area contributed by atoms with Crippen molar-refractivity contribution in [3.8, 4) is 5.75 Å². The van der Waals surface area contributed by atoms with E-state index in [1.165, 1.54) is 38.1 Å². The molecule has 134 valence electrons. The van der Waals surface area contributed by atoms with Gasteiger partial charge in [-0.25, -0.2) is 0 Å². The molecule has 9 nitrogen and oxygen atoms in total. The van der Waals surface area contributed by atoms with Crippen LogP contribution in [0.15, 0.2) is 36.4 Å². The van der Waals surface area contributed by atoms with Crippen molar-refractivity contribution in [2.45, 2.75) is 32.3 Å². The smallest absolute Gasteiger partial charge is 0.303 e. The molecule has 2 rings (SSSR count). The number of rotatable bonds is 6. The summed E-state index contributed by atoms with van der Waals surface area (Å²) in [5.41, 5.74) is -0.0601. The molecule has 0 aliphatic carbocycles. The molecule has 0 spiro atoms. The van der Waals surface area contributed by atoms with Gasteiger partial charge in [0.1, 0.15) is 24.6 Å². The van der Waals surface area contributed by atoms with Gasteiger partial charge in [-0.2, -0.15) is 0 Å². The summed E-state index contributed by atoms with van der Waals surface area (Å²) in [6.45, 7) is 2.40. The molecule has 0 saturated heterocycles. The standard InChI is InChI=1S/C16H17NO8/c1-10(18)22-9-15-14(23-11(2)19)7-8-16(25-15)24-13-5-3-12(4-6-13)17(20)21/h3-8,14-16H,9H2,1-2H3/t14-,15+,16-/m0/s1. The Bertz CT molecular complexity index is 669. The third kappa shape index (κ3) is 5.57. The molecule has 1 heterocycles. The number of benzene rings is 1. The predicted octanol–water partition coefficient (Wildman–Crippen LogP) is 1.75. The van der Waals surface area contributed by atoms with Gasteiger partial charge in [-0.15, -0.1) is 0 Å². The fourth-order valence-corrected chi connectivity index (χ4v) is 2.11. The van der Waals surface area contributed by atoms with Crippen LogP contribution in [0.4, 0.5) is 5.69 Å². The average Bonchev–Trinajstić information content (AvgIpc) is 2.55. The van der Waals surface area contributed by atoms with Crippen LogP contribution in [0.1, 0.15) is 13.8 Å². The van der Waals surface area contributed by atoms with Crippen molar-refractivity contribution in [1.29, 1.82) is 0 Å². The maximum atomic E-state index is 11.1. The Hall–Kier alpha value is -2.94. The Labute approximate surface area is 143 Å². The molecule has 1 aromatic carbocycles. The Morgan fingerprint density at radius 2 is 1.84 bits per heavy atom. The molecule has 0 fully saturated rings. The summed E-state index contributed by atoms with van der Waals surface area (Å²) in [7, 11) is 0. The summed E-state index contributed by atoms with van der Waals surface area (Å²) < 4.78 is 21.2. The number of esters is 2. The van der Waals surface area contributed by atoms with Crippen molar-refractivity contribution in [3.63, 3.8) is 0 Å². The first kappa shape index (κ1) is 18.4. The molecule has 25 heavy (non-hydrogen) atoms. The second-order valence-corrected chi connectivity index (χ2v) is 5.17. The average molecular weight is 351 g/mol. The molecule has 1 aliphatic heterocycles. The first-order chi connectivity index (χ1) is 11.8. The van der Waals surface area contributed by atoms with Gasteiger partial charge in [-0.3, -0.25) is 19.7 Å². The van der Waals surface area contributed by atoms with Crippen LogP contribution in [0.3, 0.4) is 0 Å². The molecule has 0 radical (unpaired) electrons. The van der Waals surface area contributed by atoms with Crippen molar-refractivity contribution in [2.75, 3.05) is 6.61 Å². The van der Waals surface area contributed by atoms with Gasteiger partial charge in [-0.1, -0.05) is 0 Å². The van der Waals surface area contributed by atoms with Crippen LogP contribution in [-0.2, 0) is 23.8 Å². The quantitative estimate of drug-likeness (QED) is 0.329. The minimum Gasteiger partial charge on any atom is -0.463 e. The lowest BCUT2D eigenvalue weighted by Crippen LogP contribution is -2.42. The van der Waals surface area contributed by atoms with Gasteiger partial charge < -0.3 is 18.9 Å². The summed E-state index contributed by atoms with van der Waals surface area (Å²) >= 11 is 0. The number of hydrogen-bond donors (Lipinski definition) is 0. The van der Waals surface area contributed by atoms with E-state index in [0.717, 1.165) is 0 Å². The Kier molecular flexibility index (Phi) is 6.07. The Morgan fingerprint density at radius 1 is 1.16 bits per heavy atom. The highest BCUT2D eigenvalue weighted by molar-refractivity contribution is 5.66. The van der Waals surface area contributed by atoms with Crippen LogP contribution in [0.25, 0.3) is 0 Å². The maximum absolute atomic E-state index is 11.1. The van der Waals surface area contributed by atoms with E-state index in [1.807, 2.05) is 0 Å². The van der Waals surface area contributed by atoms with Crippen molar-refractivity contribution in [3.05, 3.63) is 46.5 Å². The molecule has 0 amide bonds. The normalized spacial score (nSPS) is 22.1. The van der Waals surface area contributed by atoms with Gasteiger partial charge in [0, 0.05) is 26.0 Å². The van der Waals surface area contributed by atoms with Gasteiger partial charge in [-0.05, 0) is 24.3 Å². The lowest BCUT2D eigenvalue weighted by molar-refractivity contribution is -0.384. The second-order valence-electron chi connectivity index (χ2n) is 5.17. The summed E-state index contributed by atoms with van der Waals surface area (Å²) in [4.78, 5) is 32.3. The minimum absolute atomic E-state index is 0.0601. The number of nitro benzene ring substituents is 1. The van der Waals surface area contributed by atoms with Crippen molar-refractivity contribution >= 4 is 17.6 Å². The topological polar surface area (TPSA) is 114 Å². The lowest BCUT2D eigenvalue weighted by Gasteiger charge is -2.31. The SMILES string of the molecule is CC(=O)OC[C@H]1O[C@H](Oc2ccc([N+](=O)[O-])cc2)C=C[C@@H]1OC(C)=O. The van der Waals surface area contributed by atoms with Gasteiger partial charge in [0.2, 0.25) is 6.29 Å². The molecule has 0 bridgehead atoms. The Balaban J connectivity index is 2.04. The van der Waals surface area contributed by atoms with E-state index < -0.39 is 35.4 Å². The highest BCUT2D eigenvalue weighted by Gasteiger charge is 2.31. The van der Waals surface area contributed by atoms with E-state index in [2.05, 4.69) is 0 Å². The maximum Gasteiger partial charge on any atom is 0.303 e. The number of ether oxygens (including phenoxy) is 4. The van der Waals surface area contributed by atoms with Crippen LogP contribution in [0.5, 0.6) is 5.75 Å². The fraction of sp³-hybridized carbons (Fsp3) is 0.375. The van der Waals surface area contributed by atoms with E-state index in [9.17, 15) is 19.7 Å². The van der Waals surface area contributed by atoms with Crippen molar-refractivity contribution < 1.29 is 33.5 Å². The fourth-order valence-electron chi connectivity index (χ4n) is 2.11. The number of nitrogens with zero attached hydrogens (tertiary/aromatic N) is 1. The number of hydrogen-bond acceptors (Lipinski definition) is 8. The van der Waals surface area contributed by atoms with Gasteiger partial charge in [0.25, 0.3) is 5.69 Å². The van der Waals surface area contributed by atoms with E-state index in [0.29, 0.717) is 5.75 Å². The van der Waals surface area contributed by atoms with E-state index in [-0.39, 0.29) is 12.3 Å². The Morgan fingerprint density at radius 3 is 2.40 bits per heavy atom. The third-order valence-electron chi connectivity index (χ3n) is 3.19. The summed E-state index contributed by atoms with van der Waals surface area (Å²) in [6.07, 6.45) is 0.845. The second kappa shape index (κ2) is 8.25. The molecule has 0 N–H and O–H groups in total. The number of nitro groups is 1. The van der Waals surface area contributed by atoms with Crippen LogP contribution in [-0.4, -0.2) is 42.0 Å². The molecular formula is C16H17NO8. The predicted molar refractivity (Wildman–Crippen MR) is 83.7 cm³/mol. The van der Waals surface area contributed by atoms with Crippen LogP contribution >= 0.6 is 0 Å². The molecule has 1 aliphatic rings. The summed E-state index contributed by atoms with van der Waals surface area (Å²) in [5, 5.41) is 10.6. The number of carbonyl (C=O) groups is 2. The summed E-state index contributed by atoms with van der Waals surface area (Å²) in [6, 6.07) is 5.49. The first-order valence-corrected chi connectivity index (χ1v) is 7.40. The summed E-state index contributed by atoms with van der Waals surface area (Å²) in [5.74, 6) is -0.634. The number of carbonyl (C=O) groups excluding carboxylic acids is 2. The third-order valence-corrected chi connectivity index (χ3v) is 3.19. The van der Waals surface area contributed by atoms with Crippen LogP contribution in [0, 0.1) is 10.1 Å². The molecule has 1 aromatic rings. The van der Waals surface area contributed by atoms with E-state index in [1.54, 1.807) is 12.2 Å². The van der Waals surface area contributed by atoms with Crippen LogP contribution in [0.2, 0.25) is 0 Å². The zero-order valence-corrected chi connectivity index (χ0v) is 13.6. The first-order valence-electron chi connectivity index (χ1n) is 7.40. The van der Waals surface area contributed by atoms with Crippen molar-refractivity contribution in [1.82, 2.24) is 0 Å². The van der Waals surface area contributed by atoms with Crippen LogP contribution < -0.4 is 4.74 Å². The largest absolute Gasteiger partial charge is 0.463 e. The monoisotopic (exact) mass is 351 g/mol. The highest BCUT2D eigenvalue weighted by Crippen LogP contribution is 2.22. The van der Waals surface area contributed by atoms with E-state index >= 15 is 0 Å².